The zero-order valence-electron chi connectivity index (χ0n) is 11.7. The Balaban J connectivity index is 1.65. The average Bonchev–Trinajstić information content (AvgIpc) is 3.20. The number of aryl methyl sites for hydroxylation is 1. The lowest BCUT2D eigenvalue weighted by Crippen LogP contribution is -2.38. The SMILES string of the molecule is CCCc1ccc(C(N)CN2C(=O)C3CC3C2=O)cc1. The van der Waals surface area contributed by atoms with Crippen molar-refractivity contribution in [2.45, 2.75) is 32.2 Å². The van der Waals surface area contributed by atoms with Gasteiger partial charge in [-0.15, -0.1) is 0 Å². The number of benzene rings is 1. The van der Waals surface area contributed by atoms with Crippen LogP contribution in [0.15, 0.2) is 24.3 Å². The maximum atomic E-state index is 11.9. The molecule has 20 heavy (non-hydrogen) atoms. The summed E-state index contributed by atoms with van der Waals surface area (Å²) >= 11 is 0. The summed E-state index contributed by atoms with van der Waals surface area (Å²) < 4.78 is 0. The number of carbonyl (C=O) groups excluding carboxylic acids is 2. The smallest absolute Gasteiger partial charge is 0.233 e. The van der Waals surface area contributed by atoms with Crippen molar-refractivity contribution in [3.05, 3.63) is 35.4 Å². The predicted molar refractivity (Wildman–Crippen MR) is 75.7 cm³/mol. The van der Waals surface area contributed by atoms with Crippen molar-refractivity contribution in [2.75, 3.05) is 6.54 Å². The number of fused-ring (bicyclic) bond motifs is 1. The number of imide groups is 1. The van der Waals surface area contributed by atoms with Crippen LogP contribution in [0, 0.1) is 11.8 Å². The molecule has 1 aliphatic carbocycles. The second-order valence-electron chi connectivity index (χ2n) is 5.83. The number of hydrogen-bond donors (Lipinski definition) is 1. The van der Waals surface area contributed by atoms with Crippen LogP contribution in [0.1, 0.15) is 36.9 Å². The van der Waals surface area contributed by atoms with E-state index in [0.29, 0.717) is 6.54 Å². The van der Waals surface area contributed by atoms with E-state index in [2.05, 4.69) is 19.1 Å². The van der Waals surface area contributed by atoms with E-state index in [-0.39, 0.29) is 29.7 Å². The highest BCUT2D eigenvalue weighted by atomic mass is 16.2. The van der Waals surface area contributed by atoms with Crippen LogP contribution < -0.4 is 5.73 Å². The topological polar surface area (TPSA) is 63.4 Å². The van der Waals surface area contributed by atoms with Gasteiger partial charge in [0.15, 0.2) is 0 Å². The van der Waals surface area contributed by atoms with Gasteiger partial charge in [-0.3, -0.25) is 14.5 Å². The molecule has 3 rings (SSSR count). The molecule has 1 aromatic carbocycles. The number of amides is 2. The largest absolute Gasteiger partial charge is 0.322 e. The minimum atomic E-state index is -0.295. The number of hydrogen-bond acceptors (Lipinski definition) is 3. The van der Waals surface area contributed by atoms with Crippen LogP contribution in [0.2, 0.25) is 0 Å². The highest BCUT2D eigenvalue weighted by Gasteiger charge is 2.58. The first-order valence-electron chi connectivity index (χ1n) is 7.31. The Morgan fingerprint density at radius 2 is 1.80 bits per heavy atom. The van der Waals surface area contributed by atoms with Gasteiger partial charge >= 0.3 is 0 Å². The lowest BCUT2D eigenvalue weighted by molar-refractivity contribution is -0.141. The molecule has 2 N–H and O–H groups in total. The summed E-state index contributed by atoms with van der Waals surface area (Å²) in [6.45, 7) is 2.45. The van der Waals surface area contributed by atoms with Crippen LogP contribution in [0.5, 0.6) is 0 Å². The van der Waals surface area contributed by atoms with Crippen molar-refractivity contribution in [3.8, 4) is 0 Å². The molecular formula is C16H20N2O2. The Kier molecular flexibility index (Phi) is 3.34. The van der Waals surface area contributed by atoms with Gasteiger partial charge in [-0.05, 0) is 24.0 Å². The zero-order valence-corrected chi connectivity index (χ0v) is 11.7. The van der Waals surface area contributed by atoms with Crippen molar-refractivity contribution in [1.29, 1.82) is 0 Å². The quantitative estimate of drug-likeness (QED) is 0.829. The summed E-state index contributed by atoms with van der Waals surface area (Å²) in [6.07, 6.45) is 2.92. The van der Waals surface area contributed by atoms with E-state index < -0.39 is 0 Å². The molecule has 1 aliphatic heterocycles. The molecule has 2 amide bonds. The molecule has 1 saturated carbocycles. The Morgan fingerprint density at radius 1 is 1.20 bits per heavy atom. The van der Waals surface area contributed by atoms with Crippen LogP contribution in [-0.2, 0) is 16.0 Å². The van der Waals surface area contributed by atoms with Crippen LogP contribution in [0.4, 0.5) is 0 Å². The Morgan fingerprint density at radius 3 is 2.35 bits per heavy atom. The molecule has 4 heteroatoms. The van der Waals surface area contributed by atoms with Crippen LogP contribution in [-0.4, -0.2) is 23.3 Å². The summed E-state index contributed by atoms with van der Waals surface area (Å²) in [7, 11) is 0. The Hall–Kier alpha value is -1.68. The molecule has 4 nitrogen and oxygen atoms in total. The van der Waals surface area contributed by atoms with E-state index in [4.69, 9.17) is 5.73 Å². The maximum absolute atomic E-state index is 11.9. The van der Waals surface area contributed by atoms with Gasteiger partial charge in [0, 0.05) is 12.6 Å². The Labute approximate surface area is 118 Å². The molecule has 106 valence electrons. The second kappa shape index (κ2) is 5.02. The van der Waals surface area contributed by atoms with Crippen molar-refractivity contribution in [3.63, 3.8) is 0 Å². The summed E-state index contributed by atoms with van der Waals surface area (Å²) in [4.78, 5) is 25.2. The fourth-order valence-electron chi connectivity index (χ4n) is 2.95. The van der Waals surface area contributed by atoms with E-state index in [1.165, 1.54) is 10.5 Å². The highest BCUT2D eigenvalue weighted by Crippen LogP contribution is 2.47. The van der Waals surface area contributed by atoms with E-state index in [1.54, 1.807) is 0 Å². The van der Waals surface area contributed by atoms with E-state index in [1.807, 2.05) is 12.1 Å². The lowest BCUT2D eigenvalue weighted by atomic mass is 10.0. The van der Waals surface area contributed by atoms with Gasteiger partial charge in [0.25, 0.3) is 0 Å². The molecule has 0 radical (unpaired) electrons. The second-order valence-corrected chi connectivity index (χ2v) is 5.83. The van der Waals surface area contributed by atoms with Crippen LogP contribution >= 0.6 is 0 Å². The number of likely N-dealkylation sites (tertiary alicyclic amines) is 1. The third-order valence-electron chi connectivity index (χ3n) is 4.28. The molecule has 0 bridgehead atoms. The molecule has 3 atom stereocenters. The maximum Gasteiger partial charge on any atom is 0.233 e. The van der Waals surface area contributed by atoms with Gasteiger partial charge in [0.05, 0.1) is 11.8 Å². The third-order valence-corrected chi connectivity index (χ3v) is 4.28. The normalized spacial score (nSPS) is 25.8. The molecule has 0 aromatic heterocycles. The molecule has 1 saturated heterocycles. The minimum absolute atomic E-state index is 0.0296. The van der Waals surface area contributed by atoms with E-state index in [0.717, 1.165) is 24.8 Å². The van der Waals surface area contributed by atoms with Crippen molar-refractivity contribution in [2.24, 2.45) is 17.6 Å². The zero-order chi connectivity index (χ0) is 14.3. The highest BCUT2D eigenvalue weighted by molar-refractivity contribution is 6.08. The van der Waals surface area contributed by atoms with Gasteiger partial charge in [-0.2, -0.15) is 0 Å². The number of nitrogens with two attached hydrogens (primary N) is 1. The Bertz CT molecular complexity index is 518. The first-order valence-corrected chi connectivity index (χ1v) is 7.31. The summed E-state index contributed by atoms with van der Waals surface area (Å²) in [5.74, 6) is -0.139. The molecule has 2 aliphatic rings. The van der Waals surface area contributed by atoms with Gasteiger partial charge in [0.1, 0.15) is 0 Å². The summed E-state index contributed by atoms with van der Waals surface area (Å²) in [5.41, 5.74) is 8.41. The first kappa shape index (κ1) is 13.3. The summed E-state index contributed by atoms with van der Waals surface area (Å²) in [5, 5.41) is 0. The van der Waals surface area contributed by atoms with Crippen LogP contribution in [0.3, 0.4) is 0 Å². The van der Waals surface area contributed by atoms with Crippen LogP contribution in [0.25, 0.3) is 0 Å². The summed E-state index contributed by atoms with van der Waals surface area (Å²) in [6, 6.07) is 7.85. The average molecular weight is 272 g/mol. The standard InChI is InChI=1S/C16H20N2O2/c1-2-3-10-4-6-11(7-5-10)14(17)9-18-15(19)12-8-13(12)16(18)20/h4-7,12-14H,2-3,8-9,17H2,1H3. The van der Waals surface area contributed by atoms with E-state index >= 15 is 0 Å². The fraction of sp³-hybridized carbons (Fsp3) is 0.500. The van der Waals surface area contributed by atoms with Gasteiger partial charge in [-0.25, -0.2) is 0 Å². The third kappa shape index (κ3) is 2.24. The number of piperidine rings is 1. The number of rotatable bonds is 5. The van der Waals surface area contributed by atoms with Crippen molar-refractivity contribution >= 4 is 11.8 Å². The molecule has 1 aromatic rings. The van der Waals surface area contributed by atoms with E-state index in [9.17, 15) is 9.59 Å². The molecule has 3 unspecified atom stereocenters. The number of nitrogens with zero attached hydrogens (tertiary/aromatic N) is 1. The van der Waals surface area contributed by atoms with Gasteiger partial charge in [-0.1, -0.05) is 37.6 Å². The monoisotopic (exact) mass is 272 g/mol. The van der Waals surface area contributed by atoms with Crippen molar-refractivity contribution < 1.29 is 9.59 Å². The molecule has 2 fully saturated rings. The molecule has 0 spiro atoms. The van der Waals surface area contributed by atoms with Gasteiger partial charge < -0.3 is 5.73 Å². The fourth-order valence-corrected chi connectivity index (χ4v) is 2.95. The first-order chi connectivity index (χ1) is 9.61. The molecular weight excluding hydrogens is 252 g/mol. The van der Waals surface area contributed by atoms with Gasteiger partial charge in [0.2, 0.25) is 11.8 Å². The molecule has 1 heterocycles. The lowest BCUT2D eigenvalue weighted by Gasteiger charge is -2.21. The van der Waals surface area contributed by atoms with Crippen molar-refractivity contribution in [1.82, 2.24) is 4.90 Å². The minimum Gasteiger partial charge on any atom is -0.322 e. The number of carbonyl (C=O) groups is 2. The predicted octanol–water partition coefficient (Wildman–Crippen LogP) is 1.64.